The number of rotatable bonds is 11. The third kappa shape index (κ3) is 6.16. The van der Waals surface area contributed by atoms with Gasteiger partial charge in [-0.1, -0.05) is 67.7 Å². The molecule has 0 aromatic rings. The summed E-state index contributed by atoms with van der Waals surface area (Å²) in [5.74, 6) is 2.71. The molecule has 0 aromatic carbocycles. The maximum Gasteiger partial charge on any atom is -0.00629 e. The molecule has 130 valence electrons. The molecule has 0 radical (unpaired) electrons. The van der Waals surface area contributed by atoms with Gasteiger partial charge in [-0.05, 0) is 60.0 Å². The van der Waals surface area contributed by atoms with Gasteiger partial charge in [0.25, 0.3) is 0 Å². The van der Waals surface area contributed by atoms with Crippen LogP contribution in [0.25, 0.3) is 0 Å². The minimum absolute atomic E-state index is 0.534. The maximum absolute atomic E-state index is 2.63. The van der Waals surface area contributed by atoms with Crippen molar-refractivity contribution < 1.29 is 0 Å². The third-order valence-corrected chi connectivity index (χ3v) is 10.8. The second-order valence-corrected chi connectivity index (χ2v) is 12.2. The molecule has 4 atom stereocenters. The Labute approximate surface area is 138 Å². The van der Waals surface area contributed by atoms with Gasteiger partial charge >= 0.3 is 0 Å². The predicted molar refractivity (Wildman–Crippen MR) is 105 cm³/mol. The fourth-order valence-corrected chi connectivity index (χ4v) is 8.40. The van der Waals surface area contributed by atoms with Crippen molar-refractivity contribution in [3.05, 3.63) is 0 Å². The Morgan fingerprint density at radius 3 is 1.67 bits per heavy atom. The van der Waals surface area contributed by atoms with E-state index in [4.69, 9.17) is 0 Å². The Balaban J connectivity index is 5.21. The van der Waals surface area contributed by atoms with E-state index in [1.165, 1.54) is 38.5 Å². The van der Waals surface area contributed by atoms with Crippen LogP contribution in [0.3, 0.4) is 0 Å². The van der Waals surface area contributed by atoms with Crippen molar-refractivity contribution in [1.82, 2.24) is 0 Å². The Bertz CT molecular complexity index is 255. The zero-order valence-electron chi connectivity index (χ0n) is 16.5. The molecule has 0 saturated heterocycles. The molecule has 1 heteroatoms. The molecule has 0 aliphatic heterocycles. The summed E-state index contributed by atoms with van der Waals surface area (Å²) in [4.78, 5) is 0. The lowest BCUT2D eigenvalue weighted by Crippen LogP contribution is -2.36. The van der Waals surface area contributed by atoms with Gasteiger partial charge in [-0.2, -0.15) is 0 Å². The Morgan fingerprint density at radius 2 is 1.29 bits per heavy atom. The van der Waals surface area contributed by atoms with Crippen LogP contribution in [0.4, 0.5) is 0 Å². The zero-order valence-corrected chi connectivity index (χ0v) is 17.4. The molecule has 0 rings (SSSR count). The highest BCUT2D eigenvalue weighted by molar-refractivity contribution is 8.33. The minimum atomic E-state index is -0.534. The molecule has 0 aromatic heterocycles. The van der Waals surface area contributed by atoms with E-state index in [0.29, 0.717) is 0 Å². The van der Waals surface area contributed by atoms with Crippen LogP contribution in [0.15, 0.2) is 0 Å². The molecule has 0 nitrogen and oxygen atoms in total. The fraction of sp³-hybridized carbons (Fsp3) is 1.00. The molecule has 0 bridgehead atoms. The topological polar surface area (TPSA) is 0 Å². The normalized spacial score (nSPS) is 19.3. The van der Waals surface area contributed by atoms with Gasteiger partial charge in [0.05, 0.1) is 0 Å². The summed E-state index contributed by atoms with van der Waals surface area (Å²) >= 11 is 0. The summed E-state index contributed by atoms with van der Waals surface area (Å²) in [5.41, 5.74) is 0. The van der Waals surface area contributed by atoms with Crippen molar-refractivity contribution in [2.45, 2.75) is 97.5 Å². The summed E-state index contributed by atoms with van der Waals surface area (Å²) in [6, 6.07) is 0. The van der Waals surface area contributed by atoms with Gasteiger partial charge in [0.15, 0.2) is 0 Å². The van der Waals surface area contributed by atoms with Crippen molar-refractivity contribution >= 4 is 10.0 Å². The van der Waals surface area contributed by atoms with Crippen LogP contribution in [0.5, 0.6) is 0 Å². The lowest BCUT2D eigenvalue weighted by atomic mass is 9.85. The van der Waals surface area contributed by atoms with Crippen LogP contribution >= 0.6 is 10.0 Å². The molecule has 0 heterocycles. The van der Waals surface area contributed by atoms with E-state index < -0.39 is 10.0 Å². The first kappa shape index (κ1) is 21.4. The zero-order chi connectivity index (χ0) is 16.6. The minimum Gasteiger partial charge on any atom is -0.241 e. The van der Waals surface area contributed by atoms with Crippen molar-refractivity contribution in [1.29, 1.82) is 0 Å². The van der Waals surface area contributed by atoms with Gasteiger partial charge in [-0.15, -0.1) is 0 Å². The SMILES string of the molecule is CCCC(C)C(C(C)CC(CC)CC)S(C)(C)C(C)CC. The molecule has 0 fully saturated rings. The second-order valence-electron chi connectivity index (χ2n) is 7.83. The Hall–Kier alpha value is 0.350. The van der Waals surface area contributed by atoms with Crippen LogP contribution in [-0.2, 0) is 0 Å². The quantitative estimate of drug-likeness (QED) is 0.381. The monoisotopic (exact) mass is 316 g/mol. The molecule has 0 aliphatic rings. The van der Waals surface area contributed by atoms with Crippen molar-refractivity contribution in [2.75, 3.05) is 12.5 Å². The predicted octanol–water partition coefficient (Wildman–Crippen LogP) is 7.12. The van der Waals surface area contributed by atoms with Crippen molar-refractivity contribution in [3.8, 4) is 0 Å². The van der Waals surface area contributed by atoms with E-state index in [0.717, 1.165) is 28.3 Å². The summed E-state index contributed by atoms with van der Waals surface area (Å²) in [7, 11) is -0.534. The number of hydrogen-bond donors (Lipinski definition) is 0. The maximum atomic E-state index is 2.63. The largest absolute Gasteiger partial charge is 0.241 e. The van der Waals surface area contributed by atoms with Gasteiger partial charge in [0, 0.05) is 0 Å². The summed E-state index contributed by atoms with van der Waals surface area (Å²) < 4.78 is 0. The summed E-state index contributed by atoms with van der Waals surface area (Å²) in [6.45, 7) is 17.1. The second kappa shape index (κ2) is 10.2. The lowest BCUT2D eigenvalue weighted by molar-refractivity contribution is 0.318. The molecular weight excluding hydrogens is 272 g/mol. The highest BCUT2D eigenvalue weighted by atomic mass is 32.3. The van der Waals surface area contributed by atoms with Crippen molar-refractivity contribution in [2.24, 2.45) is 17.8 Å². The van der Waals surface area contributed by atoms with E-state index in [2.05, 4.69) is 61.0 Å². The van der Waals surface area contributed by atoms with E-state index in [9.17, 15) is 0 Å². The standard InChI is InChI=1S/C20H44S/c1-10-14-16(5)20(21(8,9)18(7)11-2)17(6)15-19(12-3)13-4/h16-20H,10-15H2,1-9H3. The first-order valence-electron chi connectivity index (χ1n) is 9.46. The fourth-order valence-electron chi connectivity index (χ4n) is 4.36. The van der Waals surface area contributed by atoms with Crippen LogP contribution in [0.1, 0.15) is 87.0 Å². The molecule has 0 N–H and O–H groups in total. The Kier molecular flexibility index (Phi) is 10.4. The van der Waals surface area contributed by atoms with Crippen molar-refractivity contribution in [3.63, 3.8) is 0 Å². The first-order chi connectivity index (χ1) is 9.75. The summed E-state index contributed by atoms with van der Waals surface area (Å²) in [5, 5.41) is 1.83. The molecule has 0 aliphatic carbocycles. The molecule has 0 saturated carbocycles. The van der Waals surface area contributed by atoms with Gasteiger partial charge in [0.1, 0.15) is 0 Å². The van der Waals surface area contributed by atoms with E-state index in [1.807, 2.05) is 0 Å². The summed E-state index contributed by atoms with van der Waals surface area (Å²) in [6.07, 6.45) is 13.5. The lowest BCUT2D eigenvalue weighted by Gasteiger charge is -2.51. The van der Waals surface area contributed by atoms with Crippen LogP contribution in [-0.4, -0.2) is 23.0 Å². The highest BCUT2D eigenvalue weighted by Crippen LogP contribution is 2.57. The van der Waals surface area contributed by atoms with Crippen LogP contribution in [0.2, 0.25) is 0 Å². The highest BCUT2D eigenvalue weighted by Gasteiger charge is 2.36. The first-order valence-corrected chi connectivity index (χ1v) is 12.0. The molecule has 4 unspecified atom stereocenters. The van der Waals surface area contributed by atoms with Crippen LogP contribution < -0.4 is 0 Å². The van der Waals surface area contributed by atoms with E-state index in [1.54, 1.807) is 0 Å². The van der Waals surface area contributed by atoms with E-state index >= 15 is 0 Å². The third-order valence-electron chi connectivity index (χ3n) is 6.04. The smallest absolute Gasteiger partial charge is 0.00629 e. The van der Waals surface area contributed by atoms with Crippen LogP contribution in [0, 0.1) is 17.8 Å². The Morgan fingerprint density at radius 1 is 0.762 bits per heavy atom. The van der Waals surface area contributed by atoms with Gasteiger partial charge in [-0.25, -0.2) is 10.0 Å². The molecule has 21 heavy (non-hydrogen) atoms. The molecular formula is C20H44S. The average molecular weight is 317 g/mol. The average Bonchev–Trinajstić information content (AvgIpc) is 2.43. The van der Waals surface area contributed by atoms with E-state index in [-0.39, 0.29) is 0 Å². The molecule has 0 spiro atoms. The van der Waals surface area contributed by atoms with Gasteiger partial charge in [-0.3, -0.25) is 0 Å². The van der Waals surface area contributed by atoms with Gasteiger partial charge in [0.2, 0.25) is 0 Å². The molecule has 0 amide bonds. The van der Waals surface area contributed by atoms with Gasteiger partial charge < -0.3 is 0 Å². The number of hydrogen-bond acceptors (Lipinski definition) is 0.